The molecule has 28 heavy (non-hydrogen) atoms. The number of rotatable bonds is 8. The van der Waals surface area contributed by atoms with Gasteiger partial charge in [-0.15, -0.1) is 23.4 Å². The van der Waals surface area contributed by atoms with Gasteiger partial charge in [0.2, 0.25) is 11.0 Å². The molecule has 1 N–H and O–H groups in total. The molecule has 1 aromatic heterocycles. The number of halogens is 3. The topological polar surface area (TPSA) is 64.1 Å². The van der Waals surface area contributed by atoms with E-state index in [1.807, 2.05) is 0 Å². The van der Waals surface area contributed by atoms with E-state index in [4.69, 9.17) is 0 Å². The summed E-state index contributed by atoms with van der Waals surface area (Å²) < 4.78 is 41.4. The summed E-state index contributed by atoms with van der Waals surface area (Å²) >= 11 is 2.59. The third-order valence-corrected chi connectivity index (χ3v) is 6.44. The Hall–Kier alpha value is -1.81. The van der Waals surface area contributed by atoms with Crippen LogP contribution in [0.5, 0.6) is 5.75 Å². The van der Waals surface area contributed by atoms with Crippen molar-refractivity contribution in [3.05, 3.63) is 29.8 Å². The predicted molar refractivity (Wildman–Crippen MR) is 102 cm³/mol. The molecule has 10 heteroatoms. The van der Waals surface area contributed by atoms with Crippen LogP contribution < -0.4 is 10.1 Å². The number of nitrogens with zero attached hydrogens (tertiary/aromatic N) is 2. The molecule has 1 aliphatic carbocycles. The normalized spacial score (nSPS) is 15.0. The number of hydrogen-bond donors (Lipinski definition) is 1. The highest BCUT2D eigenvalue weighted by Crippen LogP contribution is 2.31. The van der Waals surface area contributed by atoms with Crippen LogP contribution in [0.3, 0.4) is 0 Å². The van der Waals surface area contributed by atoms with Gasteiger partial charge in [-0.25, -0.2) is 0 Å². The third-order valence-electron chi connectivity index (χ3n) is 4.40. The van der Waals surface area contributed by atoms with Gasteiger partial charge in [-0.1, -0.05) is 60.9 Å². The van der Waals surface area contributed by atoms with E-state index in [0.29, 0.717) is 33.1 Å². The molecule has 1 aromatic carbocycles. The van der Waals surface area contributed by atoms with Gasteiger partial charge < -0.3 is 10.1 Å². The molecule has 1 fully saturated rings. The number of anilines is 1. The number of hydrogen-bond acceptors (Lipinski definition) is 6. The molecule has 0 atom stereocenters. The fourth-order valence-corrected chi connectivity index (χ4v) is 4.82. The van der Waals surface area contributed by atoms with Crippen LogP contribution in [-0.2, 0) is 10.5 Å². The highest BCUT2D eigenvalue weighted by Gasteiger charge is 2.31. The maximum Gasteiger partial charge on any atom is 0.573 e. The van der Waals surface area contributed by atoms with Crippen molar-refractivity contribution >= 4 is 34.1 Å². The van der Waals surface area contributed by atoms with Crippen molar-refractivity contribution in [3.8, 4) is 5.75 Å². The van der Waals surface area contributed by atoms with Crippen LogP contribution >= 0.6 is 23.1 Å². The molecule has 2 aromatic rings. The molecule has 152 valence electrons. The Balaban J connectivity index is 1.45. The molecule has 1 aliphatic rings. The molecule has 0 aliphatic heterocycles. The number of amides is 1. The standard InChI is InChI=1S/C18H20F3N3O2S2/c19-18(20,21)26-14-7-3-6-13(10-14)11-27-17-24-23-16(28-17)22-15(25)9-8-12-4-1-2-5-12/h3,6-7,10,12H,1-2,4-5,8-9,11H2,(H,22,23,25). The molecule has 3 rings (SSSR count). The largest absolute Gasteiger partial charge is 0.573 e. The molecule has 0 unspecified atom stereocenters. The Labute approximate surface area is 169 Å². The van der Waals surface area contributed by atoms with Crippen LogP contribution in [0, 0.1) is 5.92 Å². The van der Waals surface area contributed by atoms with Crippen LogP contribution in [0.25, 0.3) is 0 Å². The van der Waals surface area contributed by atoms with E-state index in [9.17, 15) is 18.0 Å². The number of alkyl halides is 3. The summed E-state index contributed by atoms with van der Waals surface area (Å²) in [5.41, 5.74) is 0.670. The minimum Gasteiger partial charge on any atom is -0.406 e. The highest BCUT2D eigenvalue weighted by molar-refractivity contribution is 8.00. The summed E-state index contributed by atoms with van der Waals surface area (Å²) in [5.74, 6) is 0.761. The average molecular weight is 432 g/mol. The molecule has 0 bridgehead atoms. The fraction of sp³-hybridized carbons (Fsp3) is 0.500. The Bertz CT molecular complexity index is 792. The second-order valence-corrected chi connectivity index (χ2v) is 8.79. The first kappa shape index (κ1) is 20.9. The summed E-state index contributed by atoms with van der Waals surface area (Å²) in [6.07, 6.45) is 1.62. The van der Waals surface area contributed by atoms with Crippen LogP contribution in [-0.4, -0.2) is 22.5 Å². The zero-order valence-corrected chi connectivity index (χ0v) is 16.6. The van der Waals surface area contributed by atoms with Gasteiger partial charge in [0, 0.05) is 12.2 Å². The number of ether oxygens (including phenoxy) is 1. The van der Waals surface area contributed by atoms with Gasteiger partial charge >= 0.3 is 6.36 Å². The number of aromatic nitrogens is 2. The first-order chi connectivity index (χ1) is 13.4. The van der Waals surface area contributed by atoms with Crippen LogP contribution in [0.4, 0.5) is 18.3 Å². The zero-order chi connectivity index (χ0) is 20.0. The number of benzene rings is 1. The molecule has 1 heterocycles. The lowest BCUT2D eigenvalue weighted by Gasteiger charge is -2.09. The van der Waals surface area contributed by atoms with E-state index in [2.05, 4.69) is 20.3 Å². The van der Waals surface area contributed by atoms with Gasteiger partial charge in [0.25, 0.3) is 0 Å². The summed E-state index contributed by atoms with van der Waals surface area (Å²) in [6.45, 7) is 0. The third kappa shape index (κ3) is 6.97. The lowest BCUT2D eigenvalue weighted by molar-refractivity contribution is -0.274. The molecule has 0 saturated heterocycles. The van der Waals surface area contributed by atoms with Gasteiger partial charge in [0.1, 0.15) is 5.75 Å². The molecule has 1 amide bonds. The SMILES string of the molecule is O=C(CCC1CCCC1)Nc1nnc(SCc2cccc(OC(F)(F)F)c2)s1. The Morgan fingerprint density at radius 2 is 2.07 bits per heavy atom. The molecule has 0 radical (unpaired) electrons. The number of carbonyl (C=O) groups excluding carboxylic acids is 1. The second kappa shape index (κ2) is 9.60. The molecular weight excluding hydrogens is 411 g/mol. The summed E-state index contributed by atoms with van der Waals surface area (Å²) in [6, 6.07) is 5.81. The highest BCUT2D eigenvalue weighted by atomic mass is 32.2. The van der Waals surface area contributed by atoms with Crippen LogP contribution in [0.15, 0.2) is 28.6 Å². The predicted octanol–water partition coefficient (Wildman–Crippen LogP) is 5.64. The Morgan fingerprint density at radius 3 is 2.82 bits per heavy atom. The van der Waals surface area contributed by atoms with Crippen LogP contribution in [0.1, 0.15) is 44.1 Å². The first-order valence-corrected chi connectivity index (χ1v) is 10.8. The average Bonchev–Trinajstić information content (AvgIpc) is 3.29. The molecule has 0 spiro atoms. The van der Waals surface area contributed by atoms with Crippen molar-refractivity contribution in [1.82, 2.24) is 10.2 Å². The Morgan fingerprint density at radius 1 is 1.29 bits per heavy atom. The van der Waals surface area contributed by atoms with Gasteiger partial charge in [-0.3, -0.25) is 4.79 Å². The van der Waals surface area contributed by atoms with Gasteiger partial charge in [0.05, 0.1) is 0 Å². The Kier molecular flexibility index (Phi) is 7.17. The lowest BCUT2D eigenvalue weighted by Crippen LogP contribution is -2.17. The van der Waals surface area contributed by atoms with Crippen molar-refractivity contribution in [3.63, 3.8) is 0 Å². The lowest BCUT2D eigenvalue weighted by atomic mass is 10.0. The van der Waals surface area contributed by atoms with Gasteiger partial charge in [0.15, 0.2) is 4.34 Å². The van der Waals surface area contributed by atoms with E-state index >= 15 is 0 Å². The zero-order valence-electron chi connectivity index (χ0n) is 15.0. The van der Waals surface area contributed by atoms with Crippen molar-refractivity contribution in [2.24, 2.45) is 5.92 Å². The summed E-state index contributed by atoms with van der Waals surface area (Å²) in [4.78, 5) is 12.0. The van der Waals surface area contributed by atoms with Crippen molar-refractivity contribution in [2.75, 3.05) is 5.32 Å². The number of thioether (sulfide) groups is 1. The van der Waals surface area contributed by atoms with E-state index in [1.54, 1.807) is 6.07 Å². The molecule has 5 nitrogen and oxygen atoms in total. The smallest absolute Gasteiger partial charge is 0.406 e. The maximum atomic E-state index is 12.3. The number of nitrogens with one attached hydrogen (secondary N) is 1. The van der Waals surface area contributed by atoms with Gasteiger partial charge in [-0.05, 0) is 30.0 Å². The first-order valence-electron chi connectivity index (χ1n) is 8.98. The minimum absolute atomic E-state index is 0.0587. The van der Waals surface area contributed by atoms with Gasteiger partial charge in [-0.2, -0.15) is 0 Å². The van der Waals surface area contributed by atoms with E-state index in [1.165, 1.54) is 67.0 Å². The second-order valence-electron chi connectivity index (χ2n) is 6.59. The fourth-order valence-electron chi connectivity index (χ4n) is 3.11. The monoisotopic (exact) mass is 431 g/mol. The van der Waals surface area contributed by atoms with Crippen molar-refractivity contribution in [1.29, 1.82) is 0 Å². The molecular formula is C18H20F3N3O2S2. The quantitative estimate of drug-likeness (QED) is 0.433. The minimum atomic E-state index is -4.71. The van der Waals surface area contributed by atoms with E-state index in [0.717, 1.165) is 6.42 Å². The number of carbonyl (C=O) groups is 1. The van der Waals surface area contributed by atoms with E-state index < -0.39 is 6.36 Å². The molecule has 1 saturated carbocycles. The maximum absolute atomic E-state index is 12.3. The summed E-state index contributed by atoms with van der Waals surface area (Å²) in [5, 5.41) is 11.2. The summed E-state index contributed by atoms with van der Waals surface area (Å²) in [7, 11) is 0. The van der Waals surface area contributed by atoms with E-state index in [-0.39, 0.29) is 11.7 Å². The van der Waals surface area contributed by atoms with Crippen LogP contribution in [0.2, 0.25) is 0 Å². The van der Waals surface area contributed by atoms with Crippen molar-refractivity contribution < 1.29 is 22.7 Å². The van der Waals surface area contributed by atoms with Crippen molar-refractivity contribution in [2.45, 2.75) is 55.0 Å².